The summed E-state index contributed by atoms with van der Waals surface area (Å²) >= 11 is 0. The van der Waals surface area contributed by atoms with Crippen LogP contribution in [0.25, 0.3) is 0 Å². The van der Waals surface area contributed by atoms with Crippen LogP contribution in [0.15, 0.2) is 30.3 Å². The van der Waals surface area contributed by atoms with Gasteiger partial charge in [0.1, 0.15) is 0 Å². The minimum atomic E-state index is -0.815. The monoisotopic (exact) mass is 348 g/mol. The van der Waals surface area contributed by atoms with E-state index in [2.05, 4.69) is 0 Å². The van der Waals surface area contributed by atoms with Gasteiger partial charge in [-0.3, -0.25) is 14.4 Å². The molecule has 1 aromatic rings. The second-order valence-corrected chi connectivity index (χ2v) is 6.21. The van der Waals surface area contributed by atoms with E-state index in [0.717, 1.165) is 5.56 Å². The number of nitrogens with zero attached hydrogens (tertiary/aromatic N) is 2. The van der Waals surface area contributed by atoms with Crippen LogP contribution in [0.4, 0.5) is 0 Å². The van der Waals surface area contributed by atoms with Gasteiger partial charge in [0, 0.05) is 27.2 Å². The topological polar surface area (TPSA) is 87.2 Å². The van der Waals surface area contributed by atoms with Crippen molar-refractivity contribution < 1.29 is 24.2 Å². The first-order chi connectivity index (χ1) is 11.9. The number of carboxylic acids is 1. The predicted molar refractivity (Wildman–Crippen MR) is 90.8 cm³/mol. The minimum absolute atomic E-state index is 0.0523. The lowest BCUT2D eigenvalue weighted by atomic mass is 9.97. The van der Waals surface area contributed by atoms with Crippen molar-refractivity contribution >= 4 is 17.8 Å². The molecule has 1 heterocycles. The number of hydrogen-bond acceptors (Lipinski definition) is 4. The average molecular weight is 348 g/mol. The van der Waals surface area contributed by atoms with Crippen LogP contribution in [0, 0.1) is 5.92 Å². The summed E-state index contributed by atoms with van der Waals surface area (Å²) < 4.78 is 5.31. The molecule has 1 N–H and O–H groups in total. The molecule has 1 saturated heterocycles. The molecule has 0 aromatic heterocycles. The molecule has 2 rings (SSSR count). The average Bonchev–Trinajstić information content (AvgIpc) is 2.63. The van der Waals surface area contributed by atoms with Gasteiger partial charge in [-0.05, 0) is 18.4 Å². The fourth-order valence-electron chi connectivity index (χ4n) is 2.96. The van der Waals surface area contributed by atoms with Crippen LogP contribution in [0.5, 0.6) is 0 Å². The first-order valence-corrected chi connectivity index (χ1v) is 8.27. The summed E-state index contributed by atoms with van der Waals surface area (Å²) in [5, 5.41) is 9.01. The second kappa shape index (κ2) is 8.62. The third kappa shape index (κ3) is 4.79. The first-order valence-electron chi connectivity index (χ1n) is 8.27. The quantitative estimate of drug-likeness (QED) is 0.833. The smallest absolute Gasteiger partial charge is 0.306 e. The molecule has 7 heteroatoms. The van der Waals surface area contributed by atoms with Crippen LogP contribution < -0.4 is 0 Å². The van der Waals surface area contributed by atoms with Crippen LogP contribution in [0.1, 0.15) is 24.5 Å². The molecular weight excluding hydrogens is 324 g/mol. The molecule has 1 unspecified atom stereocenters. The van der Waals surface area contributed by atoms with Crippen molar-refractivity contribution in [3.63, 3.8) is 0 Å². The molecule has 1 fully saturated rings. The molecule has 2 amide bonds. The van der Waals surface area contributed by atoms with Crippen molar-refractivity contribution in [2.75, 3.05) is 33.8 Å². The summed E-state index contributed by atoms with van der Waals surface area (Å²) in [5.74, 6) is -1.67. The van der Waals surface area contributed by atoms with Crippen molar-refractivity contribution in [2.24, 2.45) is 5.92 Å². The number of carboxylic acid groups (broad SMARTS) is 1. The number of carbonyl (C=O) groups is 3. The van der Waals surface area contributed by atoms with Gasteiger partial charge in [0.25, 0.3) is 5.91 Å². The van der Waals surface area contributed by atoms with E-state index in [4.69, 9.17) is 9.84 Å². The molecule has 136 valence electrons. The Morgan fingerprint density at radius 3 is 2.36 bits per heavy atom. The lowest BCUT2D eigenvalue weighted by Gasteiger charge is -2.32. The zero-order chi connectivity index (χ0) is 18.4. The summed E-state index contributed by atoms with van der Waals surface area (Å²) in [4.78, 5) is 38.9. The largest absolute Gasteiger partial charge is 0.481 e. The van der Waals surface area contributed by atoms with Crippen LogP contribution in [0.2, 0.25) is 0 Å². The first kappa shape index (κ1) is 18.9. The molecule has 0 saturated carbocycles. The number of piperidine rings is 1. The SMILES string of the molecule is COC(C(=O)N(C)CC(=O)N1CCC(C(=O)O)CC1)c1ccccc1. The summed E-state index contributed by atoms with van der Waals surface area (Å²) in [7, 11) is 3.03. The van der Waals surface area contributed by atoms with Gasteiger partial charge in [-0.1, -0.05) is 30.3 Å². The molecule has 1 aliphatic heterocycles. The van der Waals surface area contributed by atoms with Gasteiger partial charge in [0.15, 0.2) is 6.10 Å². The lowest BCUT2D eigenvalue weighted by Crippen LogP contribution is -2.46. The molecule has 0 radical (unpaired) electrons. The summed E-state index contributed by atoms with van der Waals surface area (Å²) in [6, 6.07) is 9.12. The highest BCUT2D eigenvalue weighted by molar-refractivity contribution is 5.87. The highest BCUT2D eigenvalue weighted by Gasteiger charge is 2.29. The molecule has 1 aliphatic rings. The van der Waals surface area contributed by atoms with Crippen molar-refractivity contribution in [1.82, 2.24) is 9.80 Å². The third-order valence-corrected chi connectivity index (χ3v) is 4.51. The van der Waals surface area contributed by atoms with Crippen molar-refractivity contribution in [3.8, 4) is 0 Å². The Hall–Kier alpha value is -2.41. The summed E-state index contributed by atoms with van der Waals surface area (Å²) in [5.41, 5.74) is 0.733. The highest BCUT2D eigenvalue weighted by atomic mass is 16.5. The normalized spacial score (nSPS) is 16.3. The maximum atomic E-state index is 12.6. The molecule has 1 atom stereocenters. The Labute approximate surface area is 147 Å². The number of rotatable bonds is 6. The third-order valence-electron chi connectivity index (χ3n) is 4.51. The number of benzene rings is 1. The fourth-order valence-corrected chi connectivity index (χ4v) is 2.96. The molecule has 7 nitrogen and oxygen atoms in total. The summed E-state index contributed by atoms with van der Waals surface area (Å²) in [6.45, 7) is 0.762. The fraction of sp³-hybridized carbons (Fsp3) is 0.500. The Morgan fingerprint density at radius 2 is 1.84 bits per heavy atom. The number of amides is 2. The minimum Gasteiger partial charge on any atom is -0.481 e. The molecular formula is C18H24N2O5. The number of methoxy groups -OCH3 is 1. The van der Waals surface area contributed by atoms with E-state index in [1.165, 1.54) is 12.0 Å². The Balaban J connectivity index is 1.92. The molecule has 0 bridgehead atoms. The summed E-state index contributed by atoms with van der Waals surface area (Å²) in [6.07, 6.45) is 0.143. The van der Waals surface area contributed by atoms with Crippen LogP contribution in [0.3, 0.4) is 0 Å². The zero-order valence-corrected chi connectivity index (χ0v) is 14.6. The lowest BCUT2D eigenvalue weighted by molar-refractivity contribution is -0.148. The Bertz CT molecular complexity index is 611. The molecule has 25 heavy (non-hydrogen) atoms. The van der Waals surface area contributed by atoms with Crippen molar-refractivity contribution in [1.29, 1.82) is 0 Å². The van der Waals surface area contributed by atoms with E-state index < -0.39 is 12.1 Å². The van der Waals surface area contributed by atoms with Crippen molar-refractivity contribution in [3.05, 3.63) is 35.9 Å². The van der Waals surface area contributed by atoms with Gasteiger partial charge in [0.05, 0.1) is 12.5 Å². The van der Waals surface area contributed by atoms with E-state index in [1.807, 2.05) is 18.2 Å². The van der Waals surface area contributed by atoms with Gasteiger partial charge in [-0.25, -0.2) is 0 Å². The maximum absolute atomic E-state index is 12.6. The molecule has 0 aliphatic carbocycles. The van der Waals surface area contributed by atoms with Gasteiger partial charge in [0.2, 0.25) is 5.91 Å². The standard InChI is InChI=1S/C18H24N2O5/c1-19(17(22)16(25-2)13-6-4-3-5-7-13)12-15(21)20-10-8-14(9-11-20)18(23)24/h3-7,14,16H,8-12H2,1-2H3,(H,23,24). The molecule has 1 aromatic carbocycles. The molecule has 0 spiro atoms. The number of ether oxygens (including phenoxy) is 1. The van der Waals surface area contributed by atoms with Crippen LogP contribution in [-0.4, -0.2) is 66.5 Å². The number of likely N-dealkylation sites (tertiary alicyclic amines) is 1. The van der Waals surface area contributed by atoms with Gasteiger partial charge < -0.3 is 19.6 Å². The van der Waals surface area contributed by atoms with Crippen LogP contribution in [-0.2, 0) is 19.1 Å². The number of hydrogen-bond donors (Lipinski definition) is 1. The van der Waals surface area contributed by atoms with Crippen LogP contribution >= 0.6 is 0 Å². The van der Waals surface area contributed by atoms with Gasteiger partial charge in [-0.15, -0.1) is 0 Å². The van der Waals surface area contributed by atoms with Gasteiger partial charge >= 0.3 is 5.97 Å². The van der Waals surface area contributed by atoms with Gasteiger partial charge in [-0.2, -0.15) is 0 Å². The van der Waals surface area contributed by atoms with E-state index in [1.54, 1.807) is 24.1 Å². The van der Waals surface area contributed by atoms with E-state index in [-0.39, 0.29) is 24.3 Å². The van der Waals surface area contributed by atoms with Crippen molar-refractivity contribution in [2.45, 2.75) is 18.9 Å². The van der Waals surface area contributed by atoms with E-state index in [9.17, 15) is 14.4 Å². The second-order valence-electron chi connectivity index (χ2n) is 6.21. The van der Waals surface area contributed by atoms with E-state index >= 15 is 0 Å². The zero-order valence-electron chi connectivity index (χ0n) is 14.6. The number of aliphatic carboxylic acids is 1. The predicted octanol–water partition coefficient (Wildman–Crippen LogP) is 1.16. The number of likely N-dealkylation sites (N-methyl/N-ethyl adjacent to an activating group) is 1. The number of carbonyl (C=O) groups excluding carboxylic acids is 2. The van der Waals surface area contributed by atoms with E-state index in [0.29, 0.717) is 25.9 Å². The Kier molecular flexibility index (Phi) is 6.52. The maximum Gasteiger partial charge on any atom is 0.306 e. The Morgan fingerprint density at radius 1 is 1.24 bits per heavy atom. The highest BCUT2D eigenvalue weighted by Crippen LogP contribution is 2.20.